The van der Waals surface area contributed by atoms with Crippen LogP contribution < -0.4 is 0 Å². The van der Waals surface area contributed by atoms with Crippen molar-refractivity contribution < 1.29 is 14.0 Å². The van der Waals surface area contributed by atoms with E-state index in [1.165, 1.54) is 12.8 Å². The van der Waals surface area contributed by atoms with Crippen LogP contribution in [0, 0.1) is 0 Å². The number of quaternary nitrogens is 1. The summed E-state index contributed by atoms with van der Waals surface area (Å²) in [7, 11) is 4.51. The number of ether oxygens (including phenoxy) is 1. The van der Waals surface area contributed by atoms with Crippen LogP contribution in [0.4, 0.5) is 0 Å². The molecule has 82 valence electrons. The van der Waals surface area contributed by atoms with Gasteiger partial charge in [0.15, 0.2) is 0 Å². The van der Waals surface area contributed by atoms with Gasteiger partial charge in [-0.2, -0.15) is 0 Å². The maximum Gasteiger partial charge on any atom is 0.305 e. The number of carbonyl (C=O) groups is 1. The molecule has 1 saturated carbocycles. The Kier molecular flexibility index (Phi) is 3.93. The summed E-state index contributed by atoms with van der Waals surface area (Å²) in [6, 6.07) is 0.845. The molecule has 0 amide bonds. The quantitative estimate of drug-likeness (QED) is 0.480. The highest BCUT2D eigenvalue weighted by atomic mass is 16.5. The number of carbonyl (C=O) groups excluding carboxylic acids is 1. The Labute approximate surface area is 86.6 Å². The third-order valence-electron chi connectivity index (χ3n) is 2.96. The molecule has 0 aromatic rings. The maximum atomic E-state index is 11.1. The van der Waals surface area contributed by atoms with E-state index in [2.05, 4.69) is 14.1 Å². The van der Waals surface area contributed by atoms with Gasteiger partial charge >= 0.3 is 5.97 Å². The van der Waals surface area contributed by atoms with E-state index < -0.39 is 0 Å². The minimum absolute atomic E-state index is 0.0525. The molecule has 0 radical (unpaired) electrons. The Bertz CT molecular complexity index is 197. The highest BCUT2D eigenvalue weighted by molar-refractivity contribution is 5.69. The number of esters is 1. The lowest BCUT2D eigenvalue weighted by atomic mass is 10.2. The van der Waals surface area contributed by atoms with Crippen LogP contribution in [0.5, 0.6) is 0 Å². The standard InChI is InChI=1S/C11H22NO2/c1-4-14-11(13)6-5-9-12(2,3)10-7-8-10/h10H,4-9H2,1-3H3/q+1. The van der Waals surface area contributed by atoms with Crippen LogP contribution in [0.15, 0.2) is 0 Å². The summed E-state index contributed by atoms with van der Waals surface area (Å²) in [6.45, 7) is 3.44. The molecule has 0 aromatic carbocycles. The molecule has 3 heteroatoms. The van der Waals surface area contributed by atoms with Gasteiger partial charge in [0.05, 0.1) is 39.7 Å². The van der Waals surface area contributed by atoms with Crippen LogP contribution in [0.1, 0.15) is 32.6 Å². The minimum atomic E-state index is -0.0525. The molecule has 0 spiro atoms. The fourth-order valence-corrected chi connectivity index (χ4v) is 1.82. The van der Waals surface area contributed by atoms with E-state index in [-0.39, 0.29) is 5.97 Å². The van der Waals surface area contributed by atoms with Crippen molar-refractivity contribution in [2.24, 2.45) is 0 Å². The summed E-state index contributed by atoms with van der Waals surface area (Å²) in [5, 5.41) is 0. The molecule has 3 nitrogen and oxygen atoms in total. The van der Waals surface area contributed by atoms with Crippen LogP contribution in [0.3, 0.4) is 0 Å². The van der Waals surface area contributed by atoms with Crippen LogP contribution in [-0.2, 0) is 9.53 Å². The van der Waals surface area contributed by atoms with Gasteiger partial charge in [-0.25, -0.2) is 0 Å². The summed E-state index contributed by atoms with van der Waals surface area (Å²) < 4.78 is 5.96. The van der Waals surface area contributed by atoms with Crippen molar-refractivity contribution in [2.75, 3.05) is 27.2 Å². The minimum Gasteiger partial charge on any atom is -0.466 e. The van der Waals surface area contributed by atoms with E-state index in [1.807, 2.05) is 6.92 Å². The molecule has 1 aliphatic carbocycles. The summed E-state index contributed by atoms with van der Waals surface area (Å²) in [5.74, 6) is -0.0525. The number of rotatable bonds is 6. The first-order valence-electron chi connectivity index (χ1n) is 5.54. The smallest absolute Gasteiger partial charge is 0.305 e. The second-order valence-corrected chi connectivity index (χ2v) is 4.64. The van der Waals surface area contributed by atoms with Crippen molar-refractivity contribution >= 4 is 5.97 Å². The van der Waals surface area contributed by atoms with Gasteiger partial charge in [-0.05, 0) is 6.92 Å². The largest absolute Gasteiger partial charge is 0.466 e. The third-order valence-corrected chi connectivity index (χ3v) is 2.96. The molecule has 0 unspecified atom stereocenters. The first kappa shape index (κ1) is 11.5. The number of hydrogen-bond donors (Lipinski definition) is 0. The Balaban J connectivity index is 2.10. The molecule has 1 aliphatic rings. The summed E-state index contributed by atoms with van der Waals surface area (Å²) in [5.41, 5.74) is 0. The van der Waals surface area contributed by atoms with Crippen molar-refractivity contribution in [1.82, 2.24) is 0 Å². The zero-order valence-electron chi connectivity index (χ0n) is 9.58. The Morgan fingerprint density at radius 2 is 2.07 bits per heavy atom. The zero-order valence-corrected chi connectivity index (χ0v) is 9.58. The van der Waals surface area contributed by atoms with Gasteiger partial charge in [-0.15, -0.1) is 0 Å². The summed E-state index contributed by atoms with van der Waals surface area (Å²) in [6.07, 6.45) is 4.23. The molecule has 0 N–H and O–H groups in total. The van der Waals surface area contributed by atoms with Crippen molar-refractivity contribution in [3.63, 3.8) is 0 Å². The lowest BCUT2D eigenvalue weighted by Crippen LogP contribution is -2.42. The van der Waals surface area contributed by atoms with E-state index in [0.717, 1.165) is 23.5 Å². The first-order valence-corrected chi connectivity index (χ1v) is 5.54. The van der Waals surface area contributed by atoms with E-state index in [0.29, 0.717) is 13.0 Å². The number of nitrogens with zero attached hydrogens (tertiary/aromatic N) is 1. The fraction of sp³-hybridized carbons (Fsp3) is 0.909. The molecule has 0 bridgehead atoms. The Hall–Kier alpha value is -0.570. The molecule has 0 heterocycles. The predicted octanol–water partition coefficient (Wildman–Crippen LogP) is 1.57. The highest BCUT2D eigenvalue weighted by Gasteiger charge is 2.37. The molecule has 1 rings (SSSR count). The van der Waals surface area contributed by atoms with E-state index in [9.17, 15) is 4.79 Å². The van der Waals surface area contributed by atoms with Crippen LogP contribution in [-0.4, -0.2) is 43.7 Å². The van der Waals surface area contributed by atoms with Crippen molar-refractivity contribution in [3.8, 4) is 0 Å². The van der Waals surface area contributed by atoms with Crippen LogP contribution in [0.2, 0.25) is 0 Å². The van der Waals surface area contributed by atoms with Gasteiger partial charge in [0.25, 0.3) is 0 Å². The average molecular weight is 200 g/mol. The molecule has 0 saturated heterocycles. The number of hydrogen-bond acceptors (Lipinski definition) is 2. The van der Waals surface area contributed by atoms with Crippen molar-refractivity contribution in [2.45, 2.75) is 38.6 Å². The normalized spacial score (nSPS) is 16.8. The lowest BCUT2D eigenvalue weighted by molar-refractivity contribution is -0.901. The van der Waals surface area contributed by atoms with E-state index >= 15 is 0 Å². The molecule has 0 aromatic heterocycles. The van der Waals surface area contributed by atoms with Gasteiger partial charge in [-0.1, -0.05) is 0 Å². The topological polar surface area (TPSA) is 26.3 Å². The summed E-state index contributed by atoms with van der Waals surface area (Å²) in [4.78, 5) is 11.1. The molecular formula is C11H22NO2+. The van der Waals surface area contributed by atoms with Crippen LogP contribution >= 0.6 is 0 Å². The monoisotopic (exact) mass is 200 g/mol. The van der Waals surface area contributed by atoms with Crippen molar-refractivity contribution in [1.29, 1.82) is 0 Å². The highest BCUT2D eigenvalue weighted by Crippen LogP contribution is 2.30. The predicted molar refractivity (Wildman–Crippen MR) is 55.9 cm³/mol. The van der Waals surface area contributed by atoms with Gasteiger partial charge < -0.3 is 9.22 Å². The molecule has 0 atom stereocenters. The average Bonchev–Trinajstić information content (AvgIpc) is 2.86. The fourth-order valence-electron chi connectivity index (χ4n) is 1.82. The van der Waals surface area contributed by atoms with Crippen LogP contribution in [0.25, 0.3) is 0 Å². The van der Waals surface area contributed by atoms with E-state index in [1.54, 1.807) is 0 Å². The molecule has 1 fully saturated rings. The first-order chi connectivity index (χ1) is 6.56. The SMILES string of the molecule is CCOC(=O)CCC[N+](C)(C)C1CC1. The molecule has 14 heavy (non-hydrogen) atoms. The second kappa shape index (κ2) is 4.78. The van der Waals surface area contributed by atoms with E-state index in [4.69, 9.17) is 4.74 Å². The van der Waals surface area contributed by atoms with Gasteiger partial charge in [0.2, 0.25) is 0 Å². The zero-order chi connectivity index (χ0) is 10.6. The summed E-state index contributed by atoms with van der Waals surface area (Å²) >= 11 is 0. The Morgan fingerprint density at radius 1 is 1.43 bits per heavy atom. The second-order valence-electron chi connectivity index (χ2n) is 4.64. The molecular weight excluding hydrogens is 178 g/mol. The maximum absolute atomic E-state index is 11.1. The van der Waals surface area contributed by atoms with Gasteiger partial charge in [-0.3, -0.25) is 4.79 Å². The van der Waals surface area contributed by atoms with Crippen molar-refractivity contribution in [3.05, 3.63) is 0 Å². The van der Waals surface area contributed by atoms with Gasteiger partial charge in [0, 0.05) is 19.3 Å². The Morgan fingerprint density at radius 3 is 2.57 bits per heavy atom. The third kappa shape index (κ3) is 3.66. The van der Waals surface area contributed by atoms with Gasteiger partial charge in [0.1, 0.15) is 0 Å². The molecule has 0 aliphatic heterocycles. The lowest BCUT2D eigenvalue weighted by Gasteiger charge is -2.29.